The summed E-state index contributed by atoms with van der Waals surface area (Å²) in [5.41, 5.74) is -0.565. The Balaban J connectivity index is 4.71. The number of imide groups is 1. The number of nitrogens with one attached hydrogen (secondary N) is 1. The van der Waals surface area contributed by atoms with Gasteiger partial charge in [-0.25, -0.2) is 9.59 Å². The molecule has 2 N–H and O–H groups in total. The van der Waals surface area contributed by atoms with Crippen LogP contribution in [0.2, 0.25) is 0 Å². The van der Waals surface area contributed by atoms with Crippen molar-refractivity contribution in [2.45, 2.75) is 20.0 Å². The molecule has 0 radical (unpaired) electrons. The van der Waals surface area contributed by atoms with Gasteiger partial charge in [-0.2, -0.15) is 13.2 Å². The first-order chi connectivity index (χ1) is 8.45. The third-order valence-corrected chi connectivity index (χ3v) is 2.21. The van der Waals surface area contributed by atoms with Crippen LogP contribution >= 0.6 is 0 Å². The smallest absolute Gasteiger partial charge is 0.406 e. The molecule has 0 bridgehead atoms. The second kappa shape index (κ2) is 6.21. The van der Waals surface area contributed by atoms with Crippen molar-refractivity contribution in [2.75, 3.05) is 13.6 Å². The number of hydrogen-bond acceptors (Lipinski definition) is 3. The van der Waals surface area contributed by atoms with Crippen molar-refractivity contribution in [3.63, 3.8) is 0 Å². The van der Waals surface area contributed by atoms with Gasteiger partial charge in [0.1, 0.15) is 6.54 Å². The van der Waals surface area contributed by atoms with Crippen molar-refractivity contribution in [2.24, 2.45) is 0 Å². The Hall–Kier alpha value is -2.06. The molecule has 9 heteroatoms. The number of aliphatic carboxylic acids is 1. The number of nitrogens with zero attached hydrogens (tertiary/aromatic N) is 1. The SMILES string of the molecule is CC(C(=O)O)=C(C)C(=O)NC(=O)N(C)CC(F)(F)F. The van der Waals surface area contributed by atoms with Gasteiger partial charge in [0, 0.05) is 18.2 Å². The summed E-state index contributed by atoms with van der Waals surface area (Å²) in [4.78, 5) is 33.5. The number of carbonyl (C=O) groups excluding carboxylic acids is 2. The molecule has 0 aliphatic carbocycles. The Labute approximate surface area is 106 Å². The maximum atomic E-state index is 12.0. The lowest BCUT2D eigenvalue weighted by Crippen LogP contribution is -2.45. The number of amides is 3. The minimum Gasteiger partial charge on any atom is -0.478 e. The van der Waals surface area contributed by atoms with Gasteiger partial charge >= 0.3 is 18.2 Å². The molecule has 0 saturated heterocycles. The molecule has 0 aromatic heterocycles. The maximum Gasteiger partial charge on any atom is 0.406 e. The predicted octanol–water partition coefficient (Wildman–Crippen LogP) is 1.14. The molecular formula is C10H13F3N2O4. The van der Waals surface area contributed by atoms with E-state index < -0.39 is 30.6 Å². The molecular weight excluding hydrogens is 269 g/mol. The van der Waals surface area contributed by atoms with E-state index in [4.69, 9.17) is 5.11 Å². The fourth-order valence-corrected chi connectivity index (χ4v) is 0.958. The van der Waals surface area contributed by atoms with Gasteiger partial charge in [0.15, 0.2) is 0 Å². The topological polar surface area (TPSA) is 86.7 Å². The summed E-state index contributed by atoms with van der Waals surface area (Å²) in [5, 5.41) is 10.3. The van der Waals surface area contributed by atoms with Gasteiger partial charge in [-0.3, -0.25) is 10.1 Å². The third-order valence-electron chi connectivity index (χ3n) is 2.21. The molecule has 0 saturated carbocycles. The number of halogens is 3. The number of hydrogen-bond donors (Lipinski definition) is 2. The van der Waals surface area contributed by atoms with E-state index >= 15 is 0 Å². The number of carboxylic acids is 1. The van der Waals surface area contributed by atoms with E-state index in [1.807, 2.05) is 0 Å². The monoisotopic (exact) mass is 282 g/mol. The minimum atomic E-state index is -4.59. The number of urea groups is 1. The van der Waals surface area contributed by atoms with E-state index in [2.05, 4.69) is 0 Å². The highest BCUT2D eigenvalue weighted by atomic mass is 19.4. The van der Waals surface area contributed by atoms with E-state index in [1.54, 1.807) is 5.32 Å². The summed E-state index contributed by atoms with van der Waals surface area (Å²) in [6.45, 7) is 0.768. The predicted molar refractivity (Wildman–Crippen MR) is 58.2 cm³/mol. The number of carboxylic acid groups (broad SMARTS) is 1. The van der Waals surface area contributed by atoms with E-state index in [-0.39, 0.29) is 16.0 Å². The van der Waals surface area contributed by atoms with Crippen LogP contribution in [0.25, 0.3) is 0 Å². The van der Waals surface area contributed by atoms with Crippen molar-refractivity contribution in [3.05, 3.63) is 11.1 Å². The molecule has 19 heavy (non-hydrogen) atoms. The lowest BCUT2D eigenvalue weighted by atomic mass is 10.1. The van der Waals surface area contributed by atoms with E-state index in [1.165, 1.54) is 0 Å². The van der Waals surface area contributed by atoms with Crippen LogP contribution in [0.5, 0.6) is 0 Å². The fraction of sp³-hybridized carbons (Fsp3) is 0.500. The molecule has 0 aliphatic heterocycles. The summed E-state index contributed by atoms with van der Waals surface area (Å²) < 4.78 is 36.0. The van der Waals surface area contributed by atoms with Crippen molar-refractivity contribution >= 4 is 17.9 Å². The van der Waals surface area contributed by atoms with Crippen molar-refractivity contribution in [1.82, 2.24) is 10.2 Å². The third kappa shape index (κ3) is 5.89. The molecule has 0 rings (SSSR count). The Morgan fingerprint density at radius 1 is 1.16 bits per heavy atom. The second-order valence-electron chi connectivity index (χ2n) is 3.79. The molecule has 108 valence electrons. The maximum absolute atomic E-state index is 12.0. The molecule has 0 heterocycles. The highest BCUT2D eigenvalue weighted by Crippen LogP contribution is 2.15. The Bertz CT molecular complexity index is 429. The van der Waals surface area contributed by atoms with Crippen LogP contribution in [-0.2, 0) is 9.59 Å². The zero-order valence-corrected chi connectivity index (χ0v) is 10.5. The summed E-state index contributed by atoms with van der Waals surface area (Å²) >= 11 is 0. The van der Waals surface area contributed by atoms with Crippen LogP contribution in [0, 0.1) is 0 Å². The first kappa shape index (κ1) is 16.9. The van der Waals surface area contributed by atoms with Crippen molar-refractivity contribution in [3.8, 4) is 0 Å². The Morgan fingerprint density at radius 3 is 2.00 bits per heavy atom. The number of rotatable bonds is 3. The zero-order valence-electron chi connectivity index (χ0n) is 10.5. The molecule has 6 nitrogen and oxygen atoms in total. The molecule has 0 aromatic carbocycles. The highest BCUT2D eigenvalue weighted by Gasteiger charge is 2.31. The first-order valence-corrected chi connectivity index (χ1v) is 4.99. The van der Waals surface area contributed by atoms with Crippen LogP contribution < -0.4 is 5.32 Å². The van der Waals surface area contributed by atoms with Gasteiger partial charge in [-0.1, -0.05) is 0 Å². The summed E-state index contributed by atoms with van der Waals surface area (Å²) in [6, 6.07) is -1.26. The quantitative estimate of drug-likeness (QED) is 0.760. The largest absolute Gasteiger partial charge is 0.478 e. The van der Waals surface area contributed by atoms with Crippen LogP contribution in [0.4, 0.5) is 18.0 Å². The van der Waals surface area contributed by atoms with Crippen LogP contribution in [0.1, 0.15) is 13.8 Å². The Morgan fingerprint density at radius 2 is 1.63 bits per heavy atom. The second-order valence-corrected chi connectivity index (χ2v) is 3.79. The van der Waals surface area contributed by atoms with E-state index in [9.17, 15) is 27.6 Å². The standard InChI is InChI=1S/C10H13F3N2O4/c1-5(6(2)8(17)18)7(16)14-9(19)15(3)4-10(11,12)13/h4H2,1-3H3,(H,17,18)(H,14,16,19). The van der Waals surface area contributed by atoms with Crippen LogP contribution in [-0.4, -0.2) is 47.7 Å². The lowest BCUT2D eigenvalue weighted by Gasteiger charge is -2.19. The van der Waals surface area contributed by atoms with Gasteiger partial charge in [-0.05, 0) is 13.8 Å². The summed E-state index contributed by atoms with van der Waals surface area (Å²) in [7, 11) is 0.860. The first-order valence-electron chi connectivity index (χ1n) is 4.99. The highest BCUT2D eigenvalue weighted by molar-refractivity contribution is 6.07. The van der Waals surface area contributed by atoms with E-state index in [0.29, 0.717) is 0 Å². The molecule has 0 atom stereocenters. The lowest BCUT2D eigenvalue weighted by molar-refractivity contribution is -0.138. The normalized spacial score (nSPS) is 12.5. The molecule has 0 spiro atoms. The Kier molecular flexibility index (Phi) is 5.53. The fourth-order valence-electron chi connectivity index (χ4n) is 0.958. The van der Waals surface area contributed by atoms with Crippen LogP contribution in [0.3, 0.4) is 0 Å². The van der Waals surface area contributed by atoms with Gasteiger partial charge in [0.05, 0.1) is 0 Å². The van der Waals surface area contributed by atoms with Gasteiger partial charge < -0.3 is 10.0 Å². The van der Waals surface area contributed by atoms with Gasteiger partial charge in [0.2, 0.25) is 0 Å². The van der Waals surface area contributed by atoms with Crippen molar-refractivity contribution < 1.29 is 32.7 Å². The summed E-state index contributed by atoms with van der Waals surface area (Å²) in [5.74, 6) is -2.41. The zero-order chi connectivity index (χ0) is 15.4. The van der Waals surface area contributed by atoms with Crippen LogP contribution in [0.15, 0.2) is 11.1 Å². The molecule has 0 aromatic rings. The summed E-state index contributed by atoms with van der Waals surface area (Å²) in [6.07, 6.45) is -4.59. The number of alkyl halides is 3. The minimum absolute atomic E-state index is 0.263. The molecule has 0 unspecified atom stereocenters. The van der Waals surface area contributed by atoms with E-state index in [0.717, 1.165) is 20.9 Å². The molecule has 0 aliphatic rings. The van der Waals surface area contributed by atoms with Crippen molar-refractivity contribution in [1.29, 1.82) is 0 Å². The van der Waals surface area contributed by atoms with Gasteiger partial charge in [0.25, 0.3) is 5.91 Å². The molecule has 0 fully saturated rings. The van der Waals surface area contributed by atoms with Gasteiger partial charge in [-0.15, -0.1) is 0 Å². The average molecular weight is 282 g/mol. The number of carbonyl (C=O) groups is 3. The average Bonchev–Trinajstić information content (AvgIpc) is 2.24. The molecule has 3 amide bonds.